The summed E-state index contributed by atoms with van der Waals surface area (Å²) in [5.41, 5.74) is 4.30. The van der Waals surface area contributed by atoms with Crippen molar-refractivity contribution in [3.63, 3.8) is 0 Å². The van der Waals surface area contributed by atoms with Crippen molar-refractivity contribution in [3.05, 3.63) is 78.1 Å². The first-order valence-corrected chi connectivity index (χ1v) is 8.80. The predicted octanol–water partition coefficient (Wildman–Crippen LogP) is 3.84. The standard InChI is InChI=1S/C21H18N4O/c1-2-4-20-16(3-1)11-18(26-20)14-25-10-7-19-17(13-25)12-23-21(24-19)15-5-8-22-9-6-15/h1-6,8-9,11-12H,7,10,13-14H2. The predicted molar refractivity (Wildman–Crippen MR) is 99.3 cm³/mol. The lowest BCUT2D eigenvalue weighted by molar-refractivity contribution is 0.225. The zero-order chi connectivity index (χ0) is 17.3. The molecule has 0 fully saturated rings. The largest absolute Gasteiger partial charge is 0.460 e. The Morgan fingerprint density at radius 3 is 2.85 bits per heavy atom. The number of benzene rings is 1. The lowest BCUT2D eigenvalue weighted by Gasteiger charge is -2.27. The second kappa shape index (κ2) is 6.35. The molecule has 26 heavy (non-hydrogen) atoms. The van der Waals surface area contributed by atoms with Gasteiger partial charge in [-0.15, -0.1) is 0 Å². The van der Waals surface area contributed by atoms with Gasteiger partial charge in [0.2, 0.25) is 0 Å². The summed E-state index contributed by atoms with van der Waals surface area (Å²) in [4.78, 5) is 15.8. The van der Waals surface area contributed by atoms with E-state index in [1.165, 1.54) is 5.56 Å². The molecule has 4 aromatic rings. The average Bonchev–Trinajstić information content (AvgIpc) is 3.10. The first-order chi connectivity index (χ1) is 12.8. The lowest BCUT2D eigenvalue weighted by Crippen LogP contribution is -2.30. The molecule has 1 aliphatic heterocycles. The van der Waals surface area contributed by atoms with Gasteiger partial charge in [0.1, 0.15) is 11.3 Å². The van der Waals surface area contributed by atoms with Crippen LogP contribution in [-0.4, -0.2) is 26.4 Å². The molecule has 0 N–H and O–H groups in total. The highest BCUT2D eigenvalue weighted by atomic mass is 16.3. The van der Waals surface area contributed by atoms with Crippen LogP contribution < -0.4 is 0 Å². The fourth-order valence-corrected chi connectivity index (χ4v) is 3.48. The highest BCUT2D eigenvalue weighted by Crippen LogP contribution is 2.24. The molecule has 0 unspecified atom stereocenters. The van der Waals surface area contributed by atoms with Gasteiger partial charge in [0.25, 0.3) is 0 Å². The van der Waals surface area contributed by atoms with E-state index in [0.717, 1.165) is 59.9 Å². The zero-order valence-corrected chi connectivity index (χ0v) is 14.3. The Balaban J connectivity index is 1.35. The molecule has 0 saturated carbocycles. The zero-order valence-electron chi connectivity index (χ0n) is 14.3. The fraction of sp³-hybridized carbons (Fsp3) is 0.190. The normalized spacial score (nSPS) is 14.5. The number of furan rings is 1. The molecule has 0 atom stereocenters. The minimum absolute atomic E-state index is 0.775. The van der Waals surface area contributed by atoms with Crippen LogP contribution in [0.25, 0.3) is 22.4 Å². The topological polar surface area (TPSA) is 55.1 Å². The van der Waals surface area contributed by atoms with Crippen molar-refractivity contribution < 1.29 is 4.42 Å². The van der Waals surface area contributed by atoms with Crippen LogP contribution in [0.4, 0.5) is 0 Å². The van der Waals surface area contributed by atoms with Crippen LogP contribution in [0.1, 0.15) is 17.0 Å². The Bertz CT molecular complexity index is 1030. The summed E-state index contributed by atoms with van der Waals surface area (Å²) in [7, 11) is 0. The summed E-state index contributed by atoms with van der Waals surface area (Å²) in [6.07, 6.45) is 6.43. The van der Waals surface area contributed by atoms with E-state index in [1.54, 1.807) is 12.4 Å². The molecule has 128 valence electrons. The minimum Gasteiger partial charge on any atom is -0.460 e. The highest BCUT2D eigenvalue weighted by Gasteiger charge is 2.20. The molecular weight excluding hydrogens is 324 g/mol. The molecule has 0 radical (unpaired) electrons. The SMILES string of the molecule is c1ccc2oc(CN3CCc4nc(-c5ccncc5)ncc4C3)cc2c1. The van der Waals surface area contributed by atoms with Crippen molar-refractivity contribution in [2.75, 3.05) is 6.54 Å². The van der Waals surface area contributed by atoms with Crippen molar-refractivity contribution >= 4 is 11.0 Å². The Kier molecular flexibility index (Phi) is 3.72. The number of para-hydroxylation sites is 1. The third-order valence-corrected chi connectivity index (χ3v) is 4.81. The van der Waals surface area contributed by atoms with Crippen LogP contribution in [-0.2, 0) is 19.5 Å². The summed E-state index contributed by atoms with van der Waals surface area (Å²) < 4.78 is 5.96. The number of fused-ring (bicyclic) bond motifs is 2. The lowest BCUT2D eigenvalue weighted by atomic mass is 10.1. The Labute approximate surface area is 151 Å². The van der Waals surface area contributed by atoms with Crippen LogP contribution in [0.2, 0.25) is 0 Å². The number of hydrogen-bond donors (Lipinski definition) is 0. The first-order valence-electron chi connectivity index (χ1n) is 8.80. The van der Waals surface area contributed by atoms with Crippen LogP contribution >= 0.6 is 0 Å². The maximum absolute atomic E-state index is 5.96. The Morgan fingerprint density at radius 2 is 1.96 bits per heavy atom. The van der Waals surface area contributed by atoms with E-state index in [4.69, 9.17) is 9.40 Å². The molecule has 0 amide bonds. The van der Waals surface area contributed by atoms with Crippen molar-refractivity contribution in [1.82, 2.24) is 19.9 Å². The van der Waals surface area contributed by atoms with Gasteiger partial charge in [-0.1, -0.05) is 18.2 Å². The molecule has 0 bridgehead atoms. The molecule has 0 saturated heterocycles. The van der Waals surface area contributed by atoms with Gasteiger partial charge in [-0.2, -0.15) is 0 Å². The van der Waals surface area contributed by atoms with Gasteiger partial charge in [-0.25, -0.2) is 9.97 Å². The van der Waals surface area contributed by atoms with Crippen LogP contribution in [0.5, 0.6) is 0 Å². The molecule has 1 aromatic carbocycles. The molecular formula is C21H18N4O. The summed E-state index contributed by atoms with van der Waals surface area (Å²) in [6, 6.07) is 14.2. The first kappa shape index (κ1) is 15.2. The maximum Gasteiger partial charge on any atom is 0.159 e. The average molecular weight is 342 g/mol. The van der Waals surface area contributed by atoms with E-state index in [0.29, 0.717) is 0 Å². The molecule has 4 heterocycles. The highest BCUT2D eigenvalue weighted by molar-refractivity contribution is 5.77. The van der Waals surface area contributed by atoms with Gasteiger partial charge < -0.3 is 4.42 Å². The third-order valence-electron chi connectivity index (χ3n) is 4.81. The molecule has 5 rings (SSSR count). The van der Waals surface area contributed by atoms with E-state index in [9.17, 15) is 0 Å². The van der Waals surface area contributed by atoms with Gasteiger partial charge in [0.15, 0.2) is 5.82 Å². The van der Waals surface area contributed by atoms with Crippen LogP contribution in [0.3, 0.4) is 0 Å². The number of hydrogen-bond acceptors (Lipinski definition) is 5. The second-order valence-corrected chi connectivity index (χ2v) is 6.61. The Hall–Kier alpha value is -3.05. The number of nitrogens with zero attached hydrogens (tertiary/aromatic N) is 4. The molecule has 3 aromatic heterocycles. The van der Waals surface area contributed by atoms with E-state index in [2.05, 4.69) is 27.0 Å². The Morgan fingerprint density at radius 1 is 1.08 bits per heavy atom. The van der Waals surface area contributed by atoms with Gasteiger partial charge in [0.05, 0.1) is 12.2 Å². The third kappa shape index (κ3) is 2.86. The number of aromatic nitrogens is 3. The minimum atomic E-state index is 0.775. The summed E-state index contributed by atoms with van der Waals surface area (Å²) in [5, 5.41) is 1.16. The molecule has 0 aliphatic carbocycles. The van der Waals surface area contributed by atoms with Gasteiger partial charge in [-0.3, -0.25) is 9.88 Å². The monoisotopic (exact) mass is 342 g/mol. The van der Waals surface area contributed by atoms with Gasteiger partial charge in [-0.05, 0) is 24.3 Å². The number of rotatable bonds is 3. The maximum atomic E-state index is 5.96. The second-order valence-electron chi connectivity index (χ2n) is 6.61. The summed E-state index contributed by atoms with van der Waals surface area (Å²) in [6.45, 7) is 2.63. The van der Waals surface area contributed by atoms with Crippen molar-refractivity contribution in [2.24, 2.45) is 0 Å². The van der Waals surface area contributed by atoms with Crippen molar-refractivity contribution in [3.8, 4) is 11.4 Å². The van der Waals surface area contributed by atoms with Gasteiger partial charge >= 0.3 is 0 Å². The smallest absolute Gasteiger partial charge is 0.159 e. The summed E-state index contributed by atoms with van der Waals surface area (Å²) in [5.74, 6) is 1.78. The molecule has 0 spiro atoms. The quantitative estimate of drug-likeness (QED) is 0.566. The summed E-state index contributed by atoms with van der Waals surface area (Å²) >= 11 is 0. The van der Waals surface area contributed by atoms with E-state index >= 15 is 0 Å². The van der Waals surface area contributed by atoms with Crippen molar-refractivity contribution in [2.45, 2.75) is 19.5 Å². The molecule has 5 nitrogen and oxygen atoms in total. The molecule has 1 aliphatic rings. The van der Waals surface area contributed by atoms with Crippen LogP contribution in [0.15, 0.2) is 65.5 Å². The van der Waals surface area contributed by atoms with Crippen LogP contribution in [0, 0.1) is 0 Å². The fourth-order valence-electron chi connectivity index (χ4n) is 3.48. The molecule has 5 heteroatoms. The number of pyridine rings is 1. The van der Waals surface area contributed by atoms with Crippen molar-refractivity contribution in [1.29, 1.82) is 0 Å². The van der Waals surface area contributed by atoms with E-state index in [1.807, 2.05) is 36.5 Å². The van der Waals surface area contributed by atoms with E-state index < -0.39 is 0 Å². The van der Waals surface area contributed by atoms with E-state index in [-0.39, 0.29) is 0 Å². The van der Waals surface area contributed by atoms with Gasteiger partial charge in [0, 0.05) is 54.6 Å².